The molecular formula is C11H15NO. The fraction of sp³-hybridized carbons (Fsp3) is 0.364. The predicted molar refractivity (Wildman–Crippen MR) is 55.2 cm³/mol. The smallest absolute Gasteiger partial charge is 0.0732 e. The van der Waals surface area contributed by atoms with Gasteiger partial charge in [-0.3, -0.25) is 4.99 Å². The van der Waals surface area contributed by atoms with Gasteiger partial charge in [0.05, 0.1) is 12.1 Å². The third-order valence-electron chi connectivity index (χ3n) is 1.96. The van der Waals surface area contributed by atoms with Crippen molar-refractivity contribution in [2.45, 2.75) is 26.0 Å². The molecule has 13 heavy (non-hydrogen) atoms. The zero-order valence-corrected chi connectivity index (χ0v) is 8.01. The van der Waals surface area contributed by atoms with E-state index >= 15 is 0 Å². The Bertz CT molecular complexity index is 267. The maximum absolute atomic E-state index is 9.19. The summed E-state index contributed by atoms with van der Waals surface area (Å²) in [6, 6.07) is 9.83. The van der Waals surface area contributed by atoms with E-state index in [1.807, 2.05) is 37.3 Å². The highest BCUT2D eigenvalue weighted by Crippen LogP contribution is 1.99. The van der Waals surface area contributed by atoms with Crippen molar-refractivity contribution in [1.82, 2.24) is 0 Å². The molecule has 0 spiro atoms. The molecule has 1 rings (SSSR count). The van der Waals surface area contributed by atoms with Crippen LogP contribution >= 0.6 is 0 Å². The lowest BCUT2D eigenvalue weighted by atomic mass is 10.2. The maximum Gasteiger partial charge on any atom is 0.0732 e. The van der Waals surface area contributed by atoms with Crippen LogP contribution in [0.1, 0.15) is 19.4 Å². The topological polar surface area (TPSA) is 32.6 Å². The van der Waals surface area contributed by atoms with Crippen molar-refractivity contribution in [1.29, 1.82) is 0 Å². The van der Waals surface area contributed by atoms with Crippen LogP contribution in [0.25, 0.3) is 0 Å². The lowest BCUT2D eigenvalue weighted by Crippen LogP contribution is -2.16. The van der Waals surface area contributed by atoms with Crippen LogP contribution < -0.4 is 0 Å². The van der Waals surface area contributed by atoms with Crippen LogP contribution in [0, 0.1) is 0 Å². The van der Waals surface area contributed by atoms with Crippen LogP contribution in [-0.2, 0) is 0 Å². The van der Waals surface area contributed by atoms with Gasteiger partial charge < -0.3 is 5.11 Å². The van der Waals surface area contributed by atoms with Gasteiger partial charge in [-0.1, -0.05) is 30.3 Å². The van der Waals surface area contributed by atoms with E-state index in [1.165, 1.54) is 0 Å². The van der Waals surface area contributed by atoms with Crippen LogP contribution in [0.15, 0.2) is 35.3 Å². The van der Waals surface area contributed by atoms with Crippen LogP contribution in [0.5, 0.6) is 0 Å². The fourth-order valence-electron chi connectivity index (χ4n) is 0.867. The summed E-state index contributed by atoms with van der Waals surface area (Å²) in [5.41, 5.74) is 1.06. The van der Waals surface area contributed by atoms with E-state index in [0.29, 0.717) is 0 Å². The van der Waals surface area contributed by atoms with Gasteiger partial charge in [0.25, 0.3) is 0 Å². The minimum atomic E-state index is -0.389. The molecule has 0 saturated carbocycles. The number of aliphatic hydroxyl groups is 1. The highest BCUT2D eigenvalue weighted by Gasteiger charge is 2.03. The van der Waals surface area contributed by atoms with Gasteiger partial charge in [0, 0.05) is 6.21 Å². The molecule has 1 aromatic carbocycles. The average Bonchev–Trinajstić information content (AvgIpc) is 2.15. The molecule has 70 valence electrons. The number of hydrogen-bond acceptors (Lipinski definition) is 2. The molecule has 0 aliphatic rings. The van der Waals surface area contributed by atoms with Gasteiger partial charge in [0.1, 0.15) is 0 Å². The molecule has 0 amide bonds. The molecule has 0 saturated heterocycles. The van der Waals surface area contributed by atoms with Crippen molar-refractivity contribution < 1.29 is 5.11 Å². The van der Waals surface area contributed by atoms with Crippen LogP contribution in [0.4, 0.5) is 0 Å². The van der Waals surface area contributed by atoms with Crippen LogP contribution in [0.2, 0.25) is 0 Å². The molecule has 2 unspecified atom stereocenters. The first kappa shape index (κ1) is 9.93. The quantitative estimate of drug-likeness (QED) is 0.702. The van der Waals surface area contributed by atoms with Crippen molar-refractivity contribution in [2.75, 3.05) is 0 Å². The summed E-state index contributed by atoms with van der Waals surface area (Å²) < 4.78 is 0. The molecule has 1 N–H and O–H groups in total. The Balaban J connectivity index is 2.59. The molecule has 0 radical (unpaired) electrons. The van der Waals surface area contributed by atoms with Crippen molar-refractivity contribution in [3.8, 4) is 0 Å². The van der Waals surface area contributed by atoms with E-state index in [0.717, 1.165) is 5.56 Å². The molecular weight excluding hydrogens is 162 g/mol. The zero-order chi connectivity index (χ0) is 9.68. The molecule has 0 heterocycles. The van der Waals surface area contributed by atoms with E-state index in [4.69, 9.17) is 0 Å². The normalized spacial score (nSPS) is 15.9. The van der Waals surface area contributed by atoms with Crippen LogP contribution in [-0.4, -0.2) is 23.5 Å². The number of rotatable bonds is 3. The second-order valence-electron chi connectivity index (χ2n) is 3.17. The monoisotopic (exact) mass is 177 g/mol. The Morgan fingerprint density at radius 1 is 1.23 bits per heavy atom. The Kier molecular flexibility index (Phi) is 3.65. The largest absolute Gasteiger partial charge is 0.391 e. The van der Waals surface area contributed by atoms with Crippen LogP contribution in [0.3, 0.4) is 0 Å². The first-order chi connectivity index (χ1) is 6.20. The first-order valence-electron chi connectivity index (χ1n) is 4.46. The minimum absolute atomic E-state index is 0.0415. The first-order valence-corrected chi connectivity index (χ1v) is 4.46. The maximum atomic E-state index is 9.19. The second-order valence-corrected chi connectivity index (χ2v) is 3.17. The highest BCUT2D eigenvalue weighted by atomic mass is 16.3. The Hall–Kier alpha value is -1.15. The van der Waals surface area contributed by atoms with Gasteiger partial charge in [0.2, 0.25) is 0 Å². The van der Waals surface area contributed by atoms with Gasteiger partial charge in [0.15, 0.2) is 0 Å². The molecule has 0 aliphatic heterocycles. The summed E-state index contributed by atoms with van der Waals surface area (Å²) in [5.74, 6) is 0. The SMILES string of the molecule is CC(O)C(C)N=Cc1ccccc1. The fourth-order valence-corrected chi connectivity index (χ4v) is 0.867. The second kappa shape index (κ2) is 4.77. The third-order valence-corrected chi connectivity index (χ3v) is 1.96. The Labute approximate surface area is 78.9 Å². The third kappa shape index (κ3) is 3.38. The number of aliphatic hydroxyl groups excluding tert-OH is 1. The lowest BCUT2D eigenvalue weighted by Gasteiger charge is -2.07. The minimum Gasteiger partial charge on any atom is -0.391 e. The van der Waals surface area contributed by atoms with Crippen molar-refractivity contribution in [3.63, 3.8) is 0 Å². The van der Waals surface area contributed by atoms with E-state index in [-0.39, 0.29) is 12.1 Å². The van der Waals surface area contributed by atoms with E-state index in [2.05, 4.69) is 4.99 Å². The number of hydrogen-bond donors (Lipinski definition) is 1. The van der Waals surface area contributed by atoms with Gasteiger partial charge in [-0.25, -0.2) is 0 Å². The van der Waals surface area contributed by atoms with Crippen molar-refractivity contribution >= 4 is 6.21 Å². The zero-order valence-electron chi connectivity index (χ0n) is 8.01. The summed E-state index contributed by atoms with van der Waals surface area (Å²) in [6.45, 7) is 3.64. The van der Waals surface area contributed by atoms with Crippen molar-refractivity contribution in [2.24, 2.45) is 4.99 Å². The molecule has 0 fully saturated rings. The van der Waals surface area contributed by atoms with Crippen molar-refractivity contribution in [3.05, 3.63) is 35.9 Å². The van der Waals surface area contributed by atoms with E-state index in [1.54, 1.807) is 13.1 Å². The lowest BCUT2D eigenvalue weighted by molar-refractivity contribution is 0.171. The Morgan fingerprint density at radius 2 is 1.85 bits per heavy atom. The summed E-state index contributed by atoms with van der Waals surface area (Å²) in [4.78, 5) is 4.22. The summed E-state index contributed by atoms with van der Waals surface area (Å²) in [6.07, 6.45) is 1.40. The van der Waals surface area contributed by atoms with E-state index < -0.39 is 0 Å². The van der Waals surface area contributed by atoms with Gasteiger partial charge in [-0.05, 0) is 19.4 Å². The van der Waals surface area contributed by atoms with E-state index in [9.17, 15) is 5.11 Å². The van der Waals surface area contributed by atoms with Gasteiger partial charge >= 0.3 is 0 Å². The standard InChI is InChI=1S/C11H15NO/c1-9(10(2)13)12-8-11-6-4-3-5-7-11/h3-10,13H,1-2H3. The molecule has 2 nitrogen and oxygen atoms in total. The summed E-state index contributed by atoms with van der Waals surface area (Å²) in [7, 11) is 0. The molecule has 2 heteroatoms. The predicted octanol–water partition coefficient (Wildman–Crippen LogP) is 1.87. The molecule has 0 aliphatic carbocycles. The molecule has 1 aromatic rings. The molecule has 0 aromatic heterocycles. The summed E-state index contributed by atoms with van der Waals surface area (Å²) >= 11 is 0. The molecule has 2 atom stereocenters. The average molecular weight is 177 g/mol. The number of benzene rings is 1. The highest BCUT2D eigenvalue weighted by molar-refractivity contribution is 5.79. The number of nitrogens with zero attached hydrogens (tertiary/aromatic N) is 1. The van der Waals surface area contributed by atoms with Gasteiger partial charge in [-0.2, -0.15) is 0 Å². The molecule has 0 bridgehead atoms. The summed E-state index contributed by atoms with van der Waals surface area (Å²) in [5, 5.41) is 9.19. The van der Waals surface area contributed by atoms with Gasteiger partial charge in [-0.15, -0.1) is 0 Å². The number of aliphatic imine (C=N–C) groups is 1. The Morgan fingerprint density at radius 3 is 2.38 bits per heavy atom.